The third kappa shape index (κ3) is 3.22. The van der Waals surface area contributed by atoms with Gasteiger partial charge in [0.05, 0.1) is 19.6 Å². The summed E-state index contributed by atoms with van der Waals surface area (Å²) in [7, 11) is 1.47. The summed E-state index contributed by atoms with van der Waals surface area (Å²) >= 11 is 0. The Labute approximate surface area is 107 Å². The maximum absolute atomic E-state index is 14.0. The van der Waals surface area contributed by atoms with E-state index in [2.05, 4.69) is 0 Å². The molecule has 3 nitrogen and oxygen atoms in total. The van der Waals surface area contributed by atoms with Gasteiger partial charge in [-0.25, -0.2) is 4.39 Å². The van der Waals surface area contributed by atoms with Crippen molar-refractivity contribution < 1.29 is 18.7 Å². The smallest absolute Gasteiger partial charge is 0.313 e. The van der Waals surface area contributed by atoms with Crippen molar-refractivity contribution in [1.82, 2.24) is 0 Å². The molecule has 0 N–H and O–H groups in total. The van der Waals surface area contributed by atoms with E-state index in [4.69, 9.17) is 9.47 Å². The fourth-order valence-electron chi connectivity index (χ4n) is 1.88. The lowest BCUT2D eigenvalue weighted by Gasteiger charge is -2.20. The lowest BCUT2D eigenvalue weighted by Crippen LogP contribution is -2.22. The lowest BCUT2D eigenvalue weighted by atomic mass is 9.88. The molecule has 4 heteroatoms. The highest BCUT2D eigenvalue weighted by Gasteiger charge is 2.28. The van der Waals surface area contributed by atoms with E-state index in [1.807, 2.05) is 13.8 Å². The zero-order valence-corrected chi connectivity index (χ0v) is 11.2. The molecule has 0 heterocycles. The van der Waals surface area contributed by atoms with Crippen molar-refractivity contribution in [3.05, 3.63) is 29.6 Å². The Morgan fingerprint density at radius 1 is 1.39 bits per heavy atom. The van der Waals surface area contributed by atoms with Gasteiger partial charge in [-0.05, 0) is 18.9 Å². The highest BCUT2D eigenvalue weighted by atomic mass is 19.1. The summed E-state index contributed by atoms with van der Waals surface area (Å²) in [5, 5.41) is 0. The summed E-state index contributed by atoms with van der Waals surface area (Å²) in [6.07, 6.45) is 0. The first-order valence-corrected chi connectivity index (χ1v) is 6.01. The summed E-state index contributed by atoms with van der Waals surface area (Å²) in [4.78, 5) is 11.9. The Hall–Kier alpha value is -1.58. The summed E-state index contributed by atoms with van der Waals surface area (Å²) < 4.78 is 23.9. The van der Waals surface area contributed by atoms with Gasteiger partial charge >= 0.3 is 5.97 Å². The largest absolute Gasteiger partial charge is 0.497 e. The van der Waals surface area contributed by atoms with Crippen LogP contribution in [0.25, 0.3) is 0 Å². The number of hydrogen-bond acceptors (Lipinski definition) is 3. The quantitative estimate of drug-likeness (QED) is 0.757. The normalized spacial score (nSPS) is 12.3. The van der Waals surface area contributed by atoms with Crippen molar-refractivity contribution in [2.45, 2.75) is 26.7 Å². The summed E-state index contributed by atoms with van der Waals surface area (Å²) in [5.41, 5.74) is 0.351. The minimum Gasteiger partial charge on any atom is -0.497 e. The number of halogens is 1. The Bertz CT molecular complexity index is 416. The topological polar surface area (TPSA) is 35.5 Å². The van der Waals surface area contributed by atoms with E-state index in [1.165, 1.54) is 13.2 Å². The van der Waals surface area contributed by atoms with Gasteiger partial charge in [0.1, 0.15) is 11.6 Å². The fourth-order valence-corrected chi connectivity index (χ4v) is 1.88. The first kappa shape index (κ1) is 14.5. The molecule has 1 unspecified atom stereocenters. The SMILES string of the molecule is CCOC(=O)C(c1ccc(OC)cc1F)C(C)C. The van der Waals surface area contributed by atoms with Crippen molar-refractivity contribution in [2.75, 3.05) is 13.7 Å². The molecule has 0 aliphatic heterocycles. The van der Waals surface area contributed by atoms with Gasteiger partial charge < -0.3 is 9.47 Å². The zero-order valence-electron chi connectivity index (χ0n) is 11.2. The van der Waals surface area contributed by atoms with Crippen LogP contribution in [0, 0.1) is 11.7 Å². The van der Waals surface area contributed by atoms with Crippen LogP contribution >= 0.6 is 0 Å². The average molecular weight is 254 g/mol. The second kappa shape index (κ2) is 6.38. The van der Waals surface area contributed by atoms with Crippen LogP contribution in [0.4, 0.5) is 4.39 Å². The molecule has 0 fully saturated rings. The molecule has 18 heavy (non-hydrogen) atoms. The molecule has 0 bridgehead atoms. The predicted molar refractivity (Wildman–Crippen MR) is 67.2 cm³/mol. The summed E-state index contributed by atoms with van der Waals surface area (Å²) in [5.74, 6) is -1.02. The van der Waals surface area contributed by atoms with Gasteiger partial charge in [0, 0.05) is 11.6 Å². The van der Waals surface area contributed by atoms with E-state index in [1.54, 1.807) is 19.1 Å². The van der Waals surface area contributed by atoms with Crippen LogP contribution in [0.3, 0.4) is 0 Å². The van der Waals surface area contributed by atoms with Gasteiger partial charge in [-0.15, -0.1) is 0 Å². The van der Waals surface area contributed by atoms with Crippen molar-refractivity contribution in [1.29, 1.82) is 0 Å². The van der Waals surface area contributed by atoms with Gasteiger partial charge in [0.25, 0.3) is 0 Å². The van der Waals surface area contributed by atoms with E-state index in [-0.39, 0.29) is 5.92 Å². The summed E-state index contributed by atoms with van der Waals surface area (Å²) in [6, 6.07) is 4.51. The maximum atomic E-state index is 14.0. The van der Waals surface area contributed by atoms with Gasteiger partial charge in [-0.3, -0.25) is 4.79 Å². The van der Waals surface area contributed by atoms with Crippen LogP contribution in [0.1, 0.15) is 32.3 Å². The molecule has 1 rings (SSSR count). The Morgan fingerprint density at radius 3 is 2.50 bits per heavy atom. The number of esters is 1. The first-order chi connectivity index (χ1) is 8.51. The van der Waals surface area contributed by atoms with Gasteiger partial charge in [-0.1, -0.05) is 19.9 Å². The first-order valence-electron chi connectivity index (χ1n) is 6.01. The second-order valence-electron chi connectivity index (χ2n) is 4.36. The van der Waals surface area contributed by atoms with E-state index in [0.717, 1.165) is 0 Å². The molecule has 0 saturated carbocycles. The minimum atomic E-state index is -0.587. The van der Waals surface area contributed by atoms with E-state index < -0.39 is 17.7 Å². The number of methoxy groups -OCH3 is 1. The third-order valence-corrected chi connectivity index (χ3v) is 2.75. The molecule has 1 atom stereocenters. The van der Waals surface area contributed by atoms with Gasteiger partial charge in [0.2, 0.25) is 0 Å². The molecule has 1 aromatic carbocycles. The number of rotatable bonds is 5. The maximum Gasteiger partial charge on any atom is 0.313 e. The van der Waals surface area contributed by atoms with Crippen LogP contribution in [0.15, 0.2) is 18.2 Å². The Balaban J connectivity index is 3.10. The number of benzene rings is 1. The third-order valence-electron chi connectivity index (χ3n) is 2.75. The summed E-state index contributed by atoms with van der Waals surface area (Å²) in [6.45, 7) is 5.76. The second-order valence-corrected chi connectivity index (χ2v) is 4.36. The standard InChI is InChI=1S/C14H19FO3/c1-5-18-14(16)13(9(2)3)11-7-6-10(17-4)8-12(11)15/h6-9,13H,5H2,1-4H3. The molecule has 0 radical (unpaired) electrons. The number of carbonyl (C=O) groups is 1. The van der Waals surface area contributed by atoms with E-state index >= 15 is 0 Å². The van der Waals surface area contributed by atoms with Crippen molar-refractivity contribution in [3.8, 4) is 5.75 Å². The molecule has 1 aromatic rings. The van der Waals surface area contributed by atoms with Crippen molar-refractivity contribution >= 4 is 5.97 Å². The number of hydrogen-bond donors (Lipinski definition) is 0. The van der Waals surface area contributed by atoms with Crippen LogP contribution < -0.4 is 4.74 Å². The fraction of sp³-hybridized carbons (Fsp3) is 0.500. The monoisotopic (exact) mass is 254 g/mol. The average Bonchev–Trinajstić information content (AvgIpc) is 2.31. The van der Waals surface area contributed by atoms with E-state index in [9.17, 15) is 9.18 Å². The molecule has 0 aromatic heterocycles. The molecule has 100 valence electrons. The van der Waals surface area contributed by atoms with Crippen LogP contribution in [0.2, 0.25) is 0 Å². The Kier molecular flexibility index (Phi) is 5.13. The number of carbonyl (C=O) groups excluding carboxylic acids is 1. The van der Waals surface area contributed by atoms with Crippen LogP contribution in [0.5, 0.6) is 5.75 Å². The Morgan fingerprint density at radius 2 is 2.06 bits per heavy atom. The highest BCUT2D eigenvalue weighted by molar-refractivity contribution is 5.78. The van der Waals surface area contributed by atoms with Crippen molar-refractivity contribution in [2.24, 2.45) is 5.92 Å². The molecular weight excluding hydrogens is 235 g/mol. The van der Waals surface area contributed by atoms with Crippen molar-refractivity contribution in [3.63, 3.8) is 0 Å². The molecular formula is C14H19FO3. The zero-order chi connectivity index (χ0) is 13.7. The van der Waals surface area contributed by atoms with Crippen LogP contribution in [-0.4, -0.2) is 19.7 Å². The van der Waals surface area contributed by atoms with E-state index in [0.29, 0.717) is 17.9 Å². The molecule has 0 saturated heterocycles. The lowest BCUT2D eigenvalue weighted by molar-refractivity contribution is -0.146. The highest BCUT2D eigenvalue weighted by Crippen LogP contribution is 2.30. The molecule has 0 aliphatic carbocycles. The predicted octanol–water partition coefficient (Wildman–Crippen LogP) is 3.14. The van der Waals surface area contributed by atoms with Gasteiger partial charge in [0.15, 0.2) is 0 Å². The minimum absolute atomic E-state index is 0.0352. The van der Waals surface area contributed by atoms with Gasteiger partial charge in [-0.2, -0.15) is 0 Å². The van der Waals surface area contributed by atoms with Crippen LogP contribution in [-0.2, 0) is 9.53 Å². The molecule has 0 aliphatic rings. The molecule has 0 spiro atoms. The number of ether oxygens (including phenoxy) is 2. The molecule has 0 amide bonds.